The van der Waals surface area contributed by atoms with Gasteiger partial charge < -0.3 is 9.47 Å². The zero-order valence-electron chi connectivity index (χ0n) is 30.0. The molecule has 53 heavy (non-hydrogen) atoms. The van der Waals surface area contributed by atoms with Crippen molar-refractivity contribution in [2.24, 2.45) is 9.98 Å². The van der Waals surface area contributed by atoms with Crippen LogP contribution in [0.4, 0.5) is 9.59 Å². The highest BCUT2D eigenvalue weighted by Crippen LogP contribution is 2.43. The maximum atomic E-state index is 12.6. The maximum absolute atomic E-state index is 12.6. The molecule has 2 aliphatic heterocycles. The Morgan fingerprint density at radius 3 is 1.49 bits per heavy atom. The van der Waals surface area contributed by atoms with Crippen LogP contribution in [0.15, 0.2) is 25.9 Å². The van der Waals surface area contributed by atoms with Crippen LogP contribution in [0, 0.1) is 0 Å². The van der Waals surface area contributed by atoms with E-state index >= 15 is 0 Å². The van der Waals surface area contributed by atoms with E-state index in [0.717, 1.165) is 23.7 Å². The Labute approximate surface area is 339 Å². The first-order chi connectivity index (χ1) is 23.0. The van der Waals surface area contributed by atoms with Crippen LogP contribution in [0.2, 0.25) is 10.0 Å². The largest absolute Gasteiger partial charge is 0.444 e. The molecule has 2 atom stereocenters. The lowest BCUT2D eigenvalue weighted by Gasteiger charge is -2.35. The van der Waals surface area contributed by atoms with Crippen molar-refractivity contribution in [2.45, 2.75) is 85.1 Å². The number of alkyl carbamates (subject to hydrolysis) is 2. The van der Waals surface area contributed by atoms with Gasteiger partial charge in [0.1, 0.15) is 22.3 Å². The Morgan fingerprint density at radius 1 is 0.830 bits per heavy atom. The summed E-state index contributed by atoms with van der Waals surface area (Å²) >= 11 is 18.1. The smallest absolute Gasteiger partial charge is 0.414 e. The third-order valence-electron chi connectivity index (χ3n) is 6.75. The molecule has 2 amide bonds. The summed E-state index contributed by atoms with van der Waals surface area (Å²) in [7, 11) is -4.86. The van der Waals surface area contributed by atoms with E-state index in [1.807, 2.05) is 0 Å². The number of carbonyl (C=O) groups is 3. The predicted octanol–water partition coefficient (Wildman–Crippen LogP) is 6.38. The average Bonchev–Trinajstić information content (AvgIpc) is 3.49. The van der Waals surface area contributed by atoms with E-state index < -0.39 is 54.5 Å². The molecule has 2 aromatic heterocycles. The molecule has 15 nitrogen and oxygen atoms in total. The molecule has 0 unspecified atom stereocenters. The van der Waals surface area contributed by atoms with E-state index in [9.17, 15) is 31.2 Å². The van der Waals surface area contributed by atoms with E-state index in [4.69, 9.17) is 32.7 Å². The zero-order valence-corrected chi connectivity index (χ0v) is 36.3. The summed E-state index contributed by atoms with van der Waals surface area (Å²) in [6, 6.07) is 3.15. The maximum Gasteiger partial charge on any atom is 0.414 e. The molecule has 0 saturated heterocycles. The Balaban J connectivity index is 0.000000511. The van der Waals surface area contributed by atoms with Gasteiger partial charge in [0, 0.05) is 22.5 Å². The second-order valence-electron chi connectivity index (χ2n) is 13.8. The highest BCUT2D eigenvalue weighted by molar-refractivity contribution is 9.11. The van der Waals surface area contributed by atoms with Gasteiger partial charge in [0.15, 0.2) is 6.29 Å². The molecular weight excluding hydrogens is 878 g/mol. The quantitative estimate of drug-likeness (QED) is 0.260. The van der Waals surface area contributed by atoms with Gasteiger partial charge in [-0.05, 0) is 83.5 Å². The summed E-state index contributed by atoms with van der Waals surface area (Å²) in [6.45, 7) is 13.4. The van der Waals surface area contributed by atoms with Crippen LogP contribution in [0.1, 0.15) is 82.2 Å². The van der Waals surface area contributed by atoms with Gasteiger partial charge in [-0.2, -0.15) is 0 Å². The Morgan fingerprint density at radius 2 is 1.19 bits per heavy atom. The van der Waals surface area contributed by atoms with Gasteiger partial charge in [-0.15, -0.1) is 22.7 Å². The predicted molar refractivity (Wildman–Crippen MR) is 216 cm³/mol. The van der Waals surface area contributed by atoms with Crippen LogP contribution >= 0.6 is 61.8 Å². The van der Waals surface area contributed by atoms with E-state index in [-0.39, 0.29) is 44.3 Å². The number of aldehydes is 1. The molecule has 23 heteroatoms. The van der Waals surface area contributed by atoms with Gasteiger partial charge in [0.05, 0.1) is 40.0 Å². The van der Waals surface area contributed by atoms with E-state index in [1.54, 1.807) is 61.5 Å². The van der Waals surface area contributed by atoms with Crippen molar-refractivity contribution in [1.29, 1.82) is 0 Å². The molecule has 0 bridgehead atoms. The molecule has 0 aliphatic carbocycles. The van der Waals surface area contributed by atoms with E-state index in [2.05, 4.69) is 36.5 Å². The number of nitrogens with zero attached hydrogens (tertiary/aromatic N) is 4. The summed E-state index contributed by atoms with van der Waals surface area (Å²) in [5.41, 5.74) is -3.85. The minimum absolute atomic E-state index is 0. The Kier molecular flexibility index (Phi) is 15.7. The molecule has 0 saturated carbocycles. The van der Waals surface area contributed by atoms with Crippen molar-refractivity contribution in [1.82, 2.24) is 19.2 Å². The van der Waals surface area contributed by atoms with Crippen LogP contribution in [0.25, 0.3) is 0 Å². The van der Waals surface area contributed by atoms with Crippen molar-refractivity contribution in [3.8, 4) is 0 Å². The number of ether oxygens (including phenoxy) is 2. The van der Waals surface area contributed by atoms with Gasteiger partial charge in [0.2, 0.25) is 32.0 Å². The number of thiophene rings is 2. The number of rotatable bonds is 3. The minimum atomic E-state index is -3.78. The number of hydrogen-bond acceptors (Lipinski definition) is 13. The molecule has 0 aromatic carbocycles. The summed E-state index contributed by atoms with van der Waals surface area (Å²) < 4.78 is 63.2. The fraction of sp³-hybridized carbons (Fsp3) is 0.567. The Bertz CT molecular complexity index is 2000. The van der Waals surface area contributed by atoms with Gasteiger partial charge in [0.25, 0.3) is 0 Å². The van der Waals surface area contributed by atoms with Gasteiger partial charge in [-0.3, -0.25) is 15.4 Å². The molecule has 0 spiro atoms. The van der Waals surface area contributed by atoms with E-state index in [0.29, 0.717) is 25.9 Å². The SMILES string of the molecule is C.CN1C(NC(=O)OC(C)(C)C)=N[C@](C)(c2sc(Br)cc2Cl)CS1(=O)=O.CN1C(NC(=O)OC(C)(C)C)=N[C@](C)(c2sc(C=O)cc2Cl)CS1(=O)=O.[B]. The first-order valence-electron chi connectivity index (χ1n) is 14.8. The first kappa shape index (κ1) is 48.6. The summed E-state index contributed by atoms with van der Waals surface area (Å²) in [4.78, 5) is 45.3. The summed E-state index contributed by atoms with van der Waals surface area (Å²) in [6.07, 6.45) is -0.972. The molecular formula is C30H43BBrCl2N6O9S4. The average molecular weight is 922 g/mol. The monoisotopic (exact) mass is 919 g/mol. The number of sulfonamides is 2. The van der Waals surface area contributed by atoms with Crippen molar-refractivity contribution < 1.29 is 40.7 Å². The van der Waals surface area contributed by atoms with Gasteiger partial charge >= 0.3 is 12.2 Å². The lowest BCUT2D eigenvalue weighted by molar-refractivity contribution is 0.0546. The number of hydrogen-bond donors (Lipinski definition) is 2. The zero-order chi connectivity index (χ0) is 39.1. The lowest BCUT2D eigenvalue weighted by atomic mass is 10.0. The fourth-order valence-corrected chi connectivity index (χ4v) is 11.4. The highest BCUT2D eigenvalue weighted by atomic mass is 79.9. The number of amides is 2. The third kappa shape index (κ3) is 12.3. The molecule has 295 valence electrons. The topological polar surface area (TPSA) is 193 Å². The third-order valence-corrected chi connectivity index (χ3v) is 14.6. The number of carbonyl (C=O) groups excluding carboxylic acids is 3. The second-order valence-corrected chi connectivity index (χ2v) is 22.1. The molecule has 0 fully saturated rings. The number of guanidine groups is 2. The Hall–Kier alpha value is -2.43. The normalized spacial score (nSPS) is 22.0. The molecule has 2 aromatic rings. The number of aliphatic imine (C=N–C) groups is 2. The molecule has 4 heterocycles. The van der Waals surface area contributed by atoms with Crippen LogP contribution in [-0.4, -0.2) is 101 Å². The first-order valence-corrected chi connectivity index (χ1v) is 21.2. The van der Waals surface area contributed by atoms with Crippen LogP contribution < -0.4 is 10.6 Å². The molecule has 2 N–H and O–H groups in total. The van der Waals surface area contributed by atoms with Crippen molar-refractivity contribution in [3.63, 3.8) is 0 Å². The highest BCUT2D eigenvalue weighted by Gasteiger charge is 2.45. The molecule has 2 aliphatic rings. The number of halogens is 3. The lowest BCUT2D eigenvalue weighted by Crippen LogP contribution is -2.53. The summed E-state index contributed by atoms with van der Waals surface area (Å²) in [5, 5.41) is 5.46. The van der Waals surface area contributed by atoms with Crippen molar-refractivity contribution >= 4 is 121 Å². The molecule has 3 radical (unpaired) electrons. The fourth-order valence-electron chi connectivity index (χ4n) is 4.60. The number of nitrogens with one attached hydrogen (secondary N) is 2. The van der Waals surface area contributed by atoms with Crippen LogP contribution in [-0.2, 0) is 40.6 Å². The van der Waals surface area contributed by atoms with Gasteiger partial charge in [-0.25, -0.2) is 45.0 Å². The summed E-state index contributed by atoms with van der Waals surface area (Å²) in [5.74, 6) is -0.897. The van der Waals surface area contributed by atoms with Crippen LogP contribution in [0.5, 0.6) is 0 Å². The standard InChI is InChI=1S/C15H20ClN3O5S2.C14H19BrClN3O4S2.CH4.B/c1-14(2,3)24-13(21)17-12-18-15(4,8-26(22,23)19(12)5)11-10(16)6-9(7-20)25-11;1-13(2,3)23-12(20)17-11-18-14(4,7-25(21,22)19(11)5)10-8(16)6-9(15)24-10;;/h6-7H,8H2,1-5H3,(H,17,18,21);6H,7H2,1-5H3,(H,17,18,20);1H4;/t15-;14-;;/m00../s1. The second kappa shape index (κ2) is 17.2. The van der Waals surface area contributed by atoms with Gasteiger partial charge in [-0.1, -0.05) is 30.6 Å². The van der Waals surface area contributed by atoms with E-state index in [1.165, 1.54) is 31.5 Å². The molecule has 4 rings (SSSR count). The van der Waals surface area contributed by atoms with Crippen LogP contribution in [0.3, 0.4) is 0 Å². The van der Waals surface area contributed by atoms with Crippen molar-refractivity contribution in [2.75, 3.05) is 25.6 Å². The minimum Gasteiger partial charge on any atom is -0.444 e. The van der Waals surface area contributed by atoms with Crippen molar-refractivity contribution in [3.05, 3.63) is 40.6 Å².